The Morgan fingerprint density at radius 2 is 2.00 bits per heavy atom. The minimum Gasteiger partial charge on any atom is -0.449 e. The van der Waals surface area contributed by atoms with Crippen LogP contribution in [0, 0.1) is 0 Å². The highest BCUT2D eigenvalue weighted by Gasteiger charge is 2.13. The molecule has 1 aromatic rings. The molecule has 0 spiro atoms. The Morgan fingerprint density at radius 1 is 1.30 bits per heavy atom. The highest BCUT2D eigenvalue weighted by atomic mass is 16.6. The number of oxazole rings is 1. The minimum atomic E-state index is 0.366. The summed E-state index contributed by atoms with van der Waals surface area (Å²) in [6.07, 6.45) is 3.13. The first-order valence-electron chi connectivity index (χ1n) is 7.58. The molecule has 5 nitrogen and oxygen atoms in total. The summed E-state index contributed by atoms with van der Waals surface area (Å²) in [6.45, 7) is 14.1. The molecule has 0 aliphatic carbocycles. The lowest BCUT2D eigenvalue weighted by molar-refractivity contribution is 0.127. The minimum absolute atomic E-state index is 0.366. The van der Waals surface area contributed by atoms with Crippen molar-refractivity contribution in [3.63, 3.8) is 0 Å². The van der Waals surface area contributed by atoms with Gasteiger partial charge in [-0.1, -0.05) is 6.92 Å². The molecule has 116 valence electrons. The molecule has 0 amide bonds. The first-order valence-corrected chi connectivity index (χ1v) is 7.58. The molecule has 1 rings (SSSR count). The summed E-state index contributed by atoms with van der Waals surface area (Å²) in [5.41, 5.74) is 0.887. The molecule has 0 aliphatic rings. The largest absolute Gasteiger partial charge is 0.449 e. The Balaban J connectivity index is 2.31. The predicted molar refractivity (Wildman–Crippen MR) is 81.0 cm³/mol. The zero-order valence-electron chi connectivity index (χ0n) is 13.5. The number of hydrogen-bond donors (Lipinski definition) is 1. The molecule has 0 aromatic carbocycles. The van der Waals surface area contributed by atoms with E-state index in [1.54, 1.807) is 6.26 Å². The summed E-state index contributed by atoms with van der Waals surface area (Å²) in [5.74, 6) is 0. The molecule has 0 unspecified atom stereocenters. The SMILES string of the molecule is CCCNCc1coc(OCCN(C(C)C)C(C)C)n1. The lowest BCUT2D eigenvalue weighted by Gasteiger charge is -2.29. The van der Waals surface area contributed by atoms with Gasteiger partial charge >= 0.3 is 6.08 Å². The molecule has 0 aliphatic heterocycles. The number of rotatable bonds is 10. The summed E-state index contributed by atoms with van der Waals surface area (Å²) in [7, 11) is 0. The topological polar surface area (TPSA) is 50.5 Å². The molecule has 1 heterocycles. The van der Waals surface area contributed by atoms with Crippen molar-refractivity contribution < 1.29 is 9.15 Å². The smallest absolute Gasteiger partial charge is 0.393 e. The van der Waals surface area contributed by atoms with Crippen LogP contribution in [0.4, 0.5) is 0 Å². The van der Waals surface area contributed by atoms with E-state index >= 15 is 0 Å². The van der Waals surface area contributed by atoms with Crippen LogP contribution in [0.5, 0.6) is 6.08 Å². The van der Waals surface area contributed by atoms with Crippen LogP contribution in [0.15, 0.2) is 10.7 Å². The van der Waals surface area contributed by atoms with Gasteiger partial charge in [0.2, 0.25) is 0 Å². The van der Waals surface area contributed by atoms with Crippen molar-refractivity contribution in [2.75, 3.05) is 19.7 Å². The number of aromatic nitrogens is 1. The van der Waals surface area contributed by atoms with Gasteiger partial charge in [-0.15, -0.1) is 0 Å². The Bertz CT molecular complexity index is 356. The van der Waals surface area contributed by atoms with Crippen molar-refractivity contribution in [3.8, 4) is 6.08 Å². The predicted octanol–water partition coefficient (Wildman–Crippen LogP) is 2.67. The van der Waals surface area contributed by atoms with E-state index in [1.807, 2.05) is 0 Å². The Labute approximate surface area is 122 Å². The van der Waals surface area contributed by atoms with Crippen LogP contribution >= 0.6 is 0 Å². The zero-order valence-corrected chi connectivity index (χ0v) is 13.5. The lowest BCUT2D eigenvalue weighted by atomic mass is 10.2. The van der Waals surface area contributed by atoms with E-state index < -0.39 is 0 Å². The third-order valence-corrected chi connectivity index (χ3v) is 3.17. The third kappa shape index (κ3) is 5.92. The molecule has 1 aromatic heterocycles. The van der Waals surface area contributed by atoms with Gasteiger partial charge in [-0.25, -0.2) is 0 Å². The van der Waals surface area contributed by atoms with Gasteiger partial charge in [-0.2, -0.15) is 4.98 Å². The van der Waals surface area contributed by atoms with Crippen molar-refractivity contribution >= 4 is 0 Å². The van der Waals surface area contributed by atoms with Crippen LogP contribution in [0.2, 0.25) is 0 Å². The second kappa shape index (κ2) is 8.97. The average Bonchev–Trinajstić information content (AvgIpc) is 2.82. The molecule has 20 heavy (non-hydrogen) atoms. The van der Waals surface area contributed by atoms with E-state index in [0.717, 1.165) is 31.7 Å². The molecule has 0 radical (unpaired) electrons. The fourth-order valence-corrected chi connectivity index (χ4v) is 2.18. The second-order valence-electron chi connectivity index (χ2n) is 5.56. The lowest BCUT2D eigenvalue weighted by Crippen LogP contribution is -2.39. The molecule has 0 atom stereocenters. The van der Waals surface area contributed by atoms with Crippen molar-refractivity contribution in [2.45, 2.75) is 59.7 Å². The summed E-state index contributed by atoms with van der Waals surface area (Å²) in [6, 6.07) is 1.02. The molecule has 5 heteroatoms. The summed E-state index contributed by atoms with van der Waals surface area (Å²) in [5, 5.41) is 3.28. The maximum atomic E-state index is 5.58. The van der Waals surface area contributed by atoms with Crippen molar-refractivity contribution in [1.29, 1.82) is 0 Å². The normalized spacial score (nSPS) is 11.8. The fraction of sp³-hybridized carbons (Fsp3) is 0.800. The Hall–Kier alpha value is -1.07. The van der Waals surface area contributed by atoms with Crippen molar-refractivity contribution in [2.24, 2.45) is 0 Å². The average molecular weight is 283 g/mol. The van der Waals surface area contributed by atoms with Crippen LogP contribution in [-0.2, 0) is 6.54 Å². The van der Waals surface area contributed by atoms with Gasteiger partial charge in [0, 0.05) is 25.2 Å². The number of nitrogens with zero attached hydrogens (tertiary/aromatic N) is 2. The third-order valence-electron chi connectivity index (χ3n) is 3.17. The van der Waals surface area contributed by atoms with E-state index in [9.17, 15) is 0 Å². The van der Waals surface area contributed by atoms with Gasteiger partial charge in [0.1, 0.15) is 12.9 Å². The Morgan fingerprint density at radius 3 is 2.60 bits per heavy atom. The first kappa shape index (κ1) is 17.0. The summed E-state index contributed by atoms with van der Waals surface area (Å²) in [4.78, 5) is 6.68. The molecule has 0 fully saturated rings. The van der Waals surface area contributed by atoms with Gasteiger partial charge in [0.05, 0.1) is 5.69 Å². The molecular formula is C15H29N3O2. The monoisotopic (exact) mass is 283 g/mol. The van der Waals surface area contributed by atoms with E-state index in [0.29, 0.717) is 24.8 Å². The zero-order chi connectivity index (χ0) is 15.0. The van der Waals surface area contributed by atoms with Gasteiger partial charge in [0.15, 0.2) is 0 Å². The quantitative estimate of drug-likeness (QED) is 0.669. The highest BCUT2D eigenvalue weighted by Crippen LogP contribution is 2.11. The second-order valence-corrected chi connectivity index (χ2v) is 5.56. The van der Waals surface area contributed by atoms with Gasteiger partial charge in [-0.3, -0.25) is 4.90 Å². The van der Waals surface area contributed by atoms with Crippen molar-refractivity contribution in [1.82, 2.24) is 15.2 Å². The Kier molecular flexibility index (Phi) is 7.62. The van der Waals surface area contributed by atoms with Gasteiger partial charge in [-0.05, 0) is 40.7 Å². The fourth-order valence-electron chi connectivity index (χ4n) is 2.18. The van der Waals surface area contributed by atoms with Crippen LogP contribution < -0.4 is 10.1 Å². The first-order chi connectivity index (χ1) is 9.54. The highest BCUT2D eigenvalue weighted by molar-refractivity contribution is 4.99. The number of ether oxygens (including phenoxy) is 1. The van der Waals surface area contributed by atoms with Crippen molar-refractivity contribution in [3.05, 3.63) is 12.0 Å². The maximum absolute atomic E-state index is 5.58. The van der Waals surface area contributed by atoms with E-state index in [1.165, 1.54) is 0 Å². The molecular weight excluding hydrogens is 254 g/mol. The van der Waals surface area contributed by atoms with Crippen LogP contribution in [0.1, 0.15) is 46.7 Å². The number of hydrogen-bond acceptors (Lipinski definition) is 5. The van der Waals surface area contributed by atoms with E-state index in [2.05, 4.69) is 49.8 Å². The summed E-state index contributed by atoms with van der Waals surface area (Å²) >= 11 is 0. The molecule has 0 saturated heterocycles. The molecule has 0 saturated carbocycles. The van der Waals surface area contributed by atoms with E-state index in [-0.39, 0.29) is 0 Å². The summed E-state index contributed by atoms with van der Waals surface area (Å²) < 4.78 is 10.9. The standard InChI is InChI=1S/C15H29N3O2/c1-6-7-16-10-14-11-20-15(17-14)19-9-8-18(12(2)3)13(4)5/h11-13,16H,6-10H2,1-5H3. The van der Waals surface area contributed by atoms with Gasteiger partial charge in [0.25, 0.3) is 0 Å². The van der Waals surface area contributed by atoms with Crippen LogP contribution in [0.25, 0.3) is 0 Å². The maximum Gasteiger partial charge on any atom is 0.393 e. The molecule has 1 N–H and O–H groups in total. The van der Waals surface area contributed by atoms with E-state index in [4.69, 9.17) is 9.15 Å². The van der Waals surface area contributed by atoms with Crippen LogP contribution in [-0.4, -0.2) is 41.7 Å². The van der Waals surface area contributed by atoms with Gasteiger partial charge < -0.3 is 14.5 Å². The number of nitrogens with one attached hydrogen (secondary N) is 1. The molecule has 0 bridgehead atoms. The van der Waals surface area contributed by atoms with Crippen LogP contribution in [0.3, 0.4) is 0 Å².